The van der Waals surface area contributed by atoms with Crippen molar-refractivity contribution >= 4 is 23.1 Å². The summed E-state index contributed by atoms with van der Waals surface area (Å²) in [5.74, 6) is -1.29. The summed E-state index contributed by atoms with van der Waals surface area (Å²) in [5.41, 5.74) is 4.54. The van der Waals surface area contributed by atoms with Crippen LogP contribution >= 0.6 is 0 Å². The number of halogens is 1. The number of nitrogens with zero attached hydrogens (tertiary/aromatic N) is 1. The largest absolute Gasteiger partial charge is 0.322 e. The fourth-order valence-electron chi connectivity index (χ4n) is 4.42. The Kier molecular flexibility index (Phi) is 5.14. The number of hydrogen-bond donors (Lipinski definition) is 1. The number of hydrogen-bond acceptors (Lipinski definition) is 3. The maximum atomic E-state index is 13.3. The molecule has 1 aliphatic carbocycles. The summed E-state index contributed by atoms with van der Waals surface area (Å²) >= 11 is 0. The van der Waals surface area contributed by atoms with Crippen molar-refractivity contribution in [2.24, 2.45) is 10.9 Å². The molecule has 2 aromatic carbocycles. The van der Waals surface area contributed by atoms with Gasteiger partial charge in [-0.2, -0.15) is 0 Å². The third-order valence-corrected chi connectivity index (χ3v) is 5.78. The molecule has 29 heavy (non-hydrogen) atoms. The van der Waals surface area contributed by atoms with Crippen LogP contribution in [0.1, 0.15) is 43.2 Å². The number of anilines is 1. The highest BCUT2D eigenvalue weighted by Gasteiger charge is 2.43. The van der Waals surface area contributed by atoms with Crippen molar-refractivity contribution in [3.63, 3.8) is 0 Å². The van der Waals surface area contributed by atoms with Gasteiger partial charge in [-0.3, -0.25) is 14.6 Å². The molecule has 2 aliphatic rings. The van der Waals surface area contributed by atoms with E-state index in [9.17, 15) is 14.0 Å². The fourth-order valence-corrected chi connectivity index (χ4v) is 4.42. The van der Waals surface area contributed by atoms with Crippen LogP contribution in [0.4, 0.5) is 10.1 Å². The zero-order chi connectivity index (χ0) is 20.5. The molecule has 0 bridgehead atoms. The zero-order valence-electron chi connectivity index (χ0n) is 16.5. The van der Waals surface area contributed by atoms with Gasteiger partial charge in [-0.15, -0.1) is 0 Å². The number of carbonyl (C=O) groups excluding carboxylic acids is 2. The summed E-state index contributed by atoms with van der Waals surface area (Å²) in [6, 6.07) is 13.5. The van der Waals surface area contributed by atoms with Gasteiger partial charge in [0, 0.05) is 35.0 Å². The van der Waals surface area contributed by atoms with E-state index in [0.717, 1.165) is 29.7 Å². The lowest BCUT2D eigenvalue weighted by Gasteiger charge is -2.36. The van der Waals surface area contributed by atoms with Crippen molar-refractivity contribution in [3.05, 3.63) is 76.7 Å². The highest BCUT2D eigenvalue weighted by molar-refractivity contribution is 6.14. The first-order valence-corrected chi connectivity index (χ1v) is 9.89. The number of ketones is 1. The summed E-state index contributed by atoms with van der Waals surface area (Å²) in [6.07, 6.45) is 2.10. The van der Waals surface area contributed by atoms with Gasteiger partial charge in [0.2, 0.25) is 0 Å². The van der Waals surface area contributed by atoms with Crippen molar-refractivity contribution < 1.29 is 14.0 Å². The number of rotatable bonds is 3. The smallest absolute Gasteiger partial charge is 0.254 e. The summed E-state index contributed by atoms with van der Waals surface area (Å²) in [5, 5.41) is 2.85. The van der Waals surface area contributed by atoms with E-state index in [1.165, 1.54) is 24.3 Å². The van der Waals surface area contributed by atoms with E-state index in [-0.39, 0.29) is 23.4 Å². The number of nitrogens with one attached hydrogen (secondary N) is 1. The van der Waals surface area contributed by atoms with Gasteiger partial charge in [0.25, 0.3) is 5.91 Å². The van der Waals surface area contributed by atoms with Gasteiger partial charge < -0.3 is 5.32 Å². The first kappa shape index (κ1) is 19.2. The highest BCUT2D eigenvalue weighted by atomic mass is 19.1. The van der Waals surface area contributed by atoms with E-state index < -0.39 is 5.92 Å². The molecular weight excluding hydrogens is 367 g/mol. The van der Waals surface area contributed by atoms with Gasteiger partial charge in [0.05, 0.1) is 5.92 Å². The normalized spacial score (nSPS) is 21.5. The molecule has 5 heteroatoms. The maximum Gasteiger partial charge on any atom is 0.254 e. The molecule has 1 saturated carbocycles. The van der Waals surface area contributed by atoms with Gasteiger partial charge in [0.15, 0.2) is 0 Å². The average Bonchev–Trinajstić information content (AvgIpc) is 2.69. The minimum absolute atomic E-state index is 0.142. The molecule has 148 valence electrons. The molecule has 1 fully saturated rings. The molecule has 2 aromatic rings. The number of carbonyl (C=O) groups is 2. The Morgan fingerprint density at radius 3 is 2.48 bits per heavy atom. The van der Waals surface area contributed by atoms with Crippen LogP contribution in [0.3, 0.4) is 0 Å². The number of fused-ring (bicyclic) bond motifs is 1. The van der Waals surface area contributed by atoms with Crippen LogP contribution in [0.2, 0.25) is 0 Å². The third kappa shape index (κ3) is 3.65. The fraction of sp³-hybridized carbons (Fsp3) is 0.292. The topological polar surface area (TPSA) is 58.5 Å². The molecule has 1 unspecified atom stereocenters. The highest BCUT2D eigenvalue weighted by Crippen LogP contribution is 2.43. The van der Waals surface area contributed by atoms with E-state index in [1.54, 1.807) is 0 Å². The standard InChI is InChI=1S/C24H23FN2O2/c1-14-6-3-4-7-18(14)22-21(24(29)27-17-12-10-16(25)11-13-17)15(2)26-19-8-5-9-20(28)23(19)22/h3-4,6-7,10-13,22-23H,5,8-9H2,1-2H3,(H,27,29)/t22-,23?/m1/s1. The van der Waals surface area contributed by atoms with Crippen molar-refractivity contribution in [2.45, 2.75) is 39.0 Å². The number of aryl methyl sites for hydroxylation is 1. The molecule has 1 amide bonds. The molecule has 1 aliphatic heterocycles. The van der Waals surface area contributed by atoms with Crippen LogP contribution in [0.5, 0.6) is 0 Å². The van der Waals surface area contributed by atoms with Crippen molar-refractivity contribution in [1.29, 1.82) is 0 Å². The second-order valence-corrected chi connectivity index (χ2v) is 7.70. The van der Waals surface area contributed by atoms with E-state index in [4.69, 9.17) is 0 Å². The molecule has 1 heterocycles. The Labute approximate surface area is 169 Å². The Hall–Kier alpha value is -3.08. The molecule has 0 radical (unpaired) electrons. The van der Waals surface area contributed by atoms with Gasteiger partial charge in [-0.05, 0) is 62.1 Å². The molecule has 0 aromatic heterocycles. The van der Waals surface area contributed by atoms with Crippen LogP contribution < -0.4 is 5.32 Å². The van der Waals surface area contributed by atoms with Crippen LogP contribution in [-0.2, 0) is 9.59 Å². The number of benzene rings is 2. The Morgan fingerprint density at radius 1 is 1.03 bits per heavy atom. The van der Waals surface area contributed by atoms with Crippen LogP contribution in [0, 0.1) is 18.7 Å². The minimum Gasteiger partial charge on any atom is -0.322 e. The Bertz CT molecular complexity index is 1040. The number of amides is 1. The molecule has 4 rings (SSSR count). The van der Waals surface area contributed by atoms with Gasteiger partial charge in [0.1, 0.15) is 11.6 Å². The summed E-state index contributed by atoms with van der Waals surface area (Å²) in [4.78, 5) is 30.9. The monoisotopic (exact) mass is 390 g/mol. The lowest BCUT2D eigenvalue weighted by atomic mass is 9.68. The van der Waals surface area contributed by atoms with E-state index >= 15 is 0 Å². The van der Waals surface area contributed by atoms with E-state index in [2.05, 4.69) is 10.3 Å². The van der Waals surface area contributed by atoms with Crippen molar-refractivity contribution in [1.82, 2.24) is 0 Å². The first-order valence-electron chi connectivity index (χ1n) is 9.89. The first-order chi connectivity index (χ1) is 14.0. The molecule has 4 nitrogen and oxygen atoms in total. The quantitative estimate of drug-likeness (QED) is 0.806. The predicted octanol–water partition coefficient (Wildman–Crippen LogP) is 4.95. The molecule has 0 spiro atoms. The van der Waals surface area contributed by atoms with Crippen molar-refractivity contribution in [3.8, 4) is 0 Å². The van der Waals surface area contributed by atoms with Gasteiger partial charge in [-0.1, -0.05) is 24.3 Å². The summed E-state index contributed by atoms with van der Waals surface area (Å²) in [7, 11) is 0. The molecular formula is C24H23FN2O2. The van der Waals surface area contributed by atoms with Crippen LogP contribution in [0.15, 0.2) is 64.8 Å². The summed E-state index contributed by atoms with van der Waals surface area (Å²) < 4.78 is 13.2. The predicted molar refractivity (Wildman–Crippen MR) is 111 cm³/mol. The Balaban J connectivity index is 1.80. The second-order valence-electron chi connectivity index (χ2n) is 7.70. The number of aliphatic imine (C=N–C) groups is 1. The SMILES string of the molecule is CC1=C(C(=O)Nc2ccc(F)cc2)[C@@H](c2ccccc2C)C2C(=O)CCCC2=N1. The average molecular weight is 390 g/mol. The minimum atomic E-state index is -0.400. The summed E-state index contributed by atoms with van der Waals surface area (Å²) in [6.45, 7) is 3.83. The lowest BCUT2D eigenvalue weighted by Crippen LogP contribution is -2.40. The lowest BCUT2D eigenvalue weighted by molar-refractivity contribution is -0.122. The van der Waals surface area contributed by atoms with Gasteiger partial charge >= 0.3 is 0 Å². The molecule has 2 atom stereocenters. The maximum absolute atomic E-state index is 13.3. The number of allylic oxidation sites excluding steroid dienone is 1. The Morgan fingerprint density at radius 2 is 1.76 bits per heavy atom. The third-order valence-electron chi connectivity index (χ3n) is 5.78. The van der Waals surface area contributed by atoms with E-state index in [1.807, 2.05) is 38.1 Å². The van der Waals surface area contributed by atoms with Crippen LogP contribution in [-0.4, -0.2) is 17.4 Å². The van der Waals surface area contributed by atoms with Crippen LogP contribution in [0.25, 0.3) is 0 Å². The second kappa shape index (κ2) is 7.74. The molecule has 0 saturated heterocycles. The number of Topliss-reactive ketones (excluding diaryl/α,β-unsaturated/α-hetero) is 1. The van der Waals surface area contributed by atoms with Gasteiger partial charge in [-0.25, -0.2) is 4.39 Å². The van der Waals surface area contributed by atoms with Crippen molar-refractivity contribution in [2.75, 3.05) is 5.32 Å². The zero-order valence-corrected chi connectivity index (χ0v) is 16.5. The van der Waals surface area contributed by atoms with E-state index in [0.29, 0.717) is 23.4 Å². The molecule has 1 N–H and O–H groups in total.